The summed E-state index contributed by atoms with van der Waals surface area (Å²) in [6, 6.07) is 4.70. The molecule has 1 unspecified atom stereocenters. The summed E-state index contributed by atoms with van der Waals surface area (Å²) in [5, 5.41) is 15.0. The van der Waals surface area contributed by atoms with Crippen LogP contribution in [0.1, 0.15) is 13.8 Å². The number of rotatable bonds is 5. The molecule has 0 radical (unpaired) electrons. The van der Waals surface area contributed by atoms with E-state index in [1.807, 2.05) is 6.92 Å². The lowest BCUT2D eigenvalue weighted by Gasteiger charge is -2.11. The number of hydrogen-bond donors (Lipinski definition) is 2. The molecular formula is C11H14N4O3. The molecule has 1 amide bonds. The van der Waals surface area contributed by atoms with Gasteiger partial charge in [-0.15, -0.1) is 0 Å². The summed E-state index contributed by atoms with van der Waals surface area (Å²) in [6.45, 7) is 3.66. The van der Waals surface area contributed by atoms with E-state index in [0.717, 1.165) is 0 Å². The zero-order valence-electron chi connectivity index (χ0n) is 10.1. The second-order valence-electron chi connectivity index (χ2n) is 3.47. The molecule has 7 heteroatoms. The van der Waals surface area contributed by atoms with Crippen molar-refractivity contribution in [1.29, 1.82) is 0 Å². The van der Waals surface area contributed by atoms with Gasteiger partial charge >= 0.3 is 0 Å². The monoisotopic (exact) mass is 250 g/mol. The number of benzene rings is 1. The normalized spacial score (nSPS) is 11.3. The largest absolute Gasteiger partial charge is 0.494 e. The number of aliphatic hydroxyl groups excluding tert-OH is 1. The zero-order chi connectivity index (χ0) is 13.5. The average Bonchev–Trinajstić information content (AvgIpc) is 2.33. The molecule has 1 aromatic carbocycles. The minimum atomic E-state index is -1.14. The van der Waals surface area contributed by atoms with Crippen molar-refractivity contribution in [2.24, 2.45) is 5.11 Å². The van der Waals surface area contributed by atoms with Crippen molar-refractivity contribution >= 4 is 17.3 Å². The molecule has 0 spiro atoms. The van der Waals surface area contributed by atoms with Crippen LogP contribution < -0.4 is 10.1 Å². The molecule has 0 aliphatic carbocycles. The number of carbonyl (C=O) groups excluding carboxylic acids is 1. The van der Waals surface area contributed by atoms with Gasteiger partial charge in [-0.25, -0.2) is 0 Å². The molecule has 0 bridgehead atoms. The van der Waals surface area contributed by atoms with Gasteiger partial charge in [0.25, 0.3) is 5.91 Å². The third kappa shape index (κ3) is 3.65. The van der Waals surface area contributed by atoms with Crippen LogP contribution in [-0.2, 0) is 4.79 Å². The van der Waals surface area contributed by atoms with Crippen LogP contribution in [-0.4, -0.2) is 23.7 Å². The molecule has 18 heavy (non-hydrogen) atoms. The Balaban J connectivity index is 3.03. The Morgan fingerprint density at radius 3 is 2.94 bits per heavy atom. The SMILES string of the molecule is CCOc1ccc(NC(=O)C(C)O)c(N=[N+]=[N-])c1. The van der Waals surface area contributed by atoms with Gasteiger partial charge in [0.2, 0.25) is 0 Å². The number of hydrogen-bond acceptors (Lipinski definition) is 4. The molecular weight excluding hydrogens is 236 g/mol. The lowest BCUT2D eigenvalue weighted by Crippen LogP contribution is -2.24. The standard InChI is InChI=1S/C11H14N4O3/c1-3-18-8-4-5-9(10(6-8)14-15-12)13-11(17)7(2)16/h4-7,16H,3H2,1-2H3,(H,13,17). The second-order valence-corrected chi connectivity index (χ2v) is 3.47. The Morgan fingerprint density at radius 1 is 1.67 bits per heavy atom. The van der Waals surface area contributed by atoms with Gasteiger partial charge < -0.3 is 15.2 Å². The summed E-state index contributed by atoms with van der Waals surface area (Å²) in [6.07, 6.45) is -1.14. The summed E-state index contributed by atoms with van der Waals surface area (Å²) in [4.78, 5) is 14.0. The van der Waals surface area contributed by atoms with Crippen molar-refractivity contribution in [3.63, 3.8) is 0 Å². The summed E-state index contributed by atoms with van der Waals surface area (Å²) >= 11 is 0. The molecule has 0 heterocycles. The quantitative estimate of drug-likeness (QED) is 0.475. The summed E-state index contributed by atoms with van der Waals surface area (Å²) in [5.41, 5.74) is 9.02. The van der Waals surface area contributed by atoms with Gasteiger partial charge in [-0.2, -0.15) is 0 Å². The van der Waals surface area contributed by atoms with Crippen molar-refractivity contribution < 1.29 is 14.6 Å². The number of amides is 1. The molecule has 0 aromatic heterocycles. The van der Waals surface area contributed by atoms with Crippen LogP contribution in [0.3, 0.4) is 0 Å². The predicted octanol–water partition coefficient (Wildman–Crippen LogP) is 2.35. The van der Waals surface area contributed by atoms with Gasteiger partial charge in [-0.1, -0.05) is 5.11 Å². The molecule has 2 N–H and O–H groups in total. The molecule has 96 valence electrons. The molecule has 0 fully saturated rings. The lowest BCUT2D eigenvalue weighted by molar-refractivity contribution is -0.123. The van der Waals surface area contributed by atoms with Gasteiger partial charge in [-0.3, -0.25) is 4.79 Å². The maximum absolute atomic E-state index is 11.4. The first-order valence-electron chi connectivity index (χ1n) is 5.39. The van der Waals surface area contributed by atoms with Crippen LogP contribution in [0.5, 0.6) is 5.75 Å². The van der Waals surface area contributed by atoms with Crippen LogP contribution in [0, 0.1) is 0 Å². The summed E-state index contributed by atoms with van der Waals surface area (Å²) in [7, 11) is 0. The highest BCUT2D eigenvalue weighted by Crippen LogP contribution is 2.30. The van der Waals surface area contributed by atoms with Crippen LogP contribution >= 0.6 is 0 Å². The minimum Gasteiger partial charge on any atom is -0.494 e. The van der Waals surface area contributed by atoms with Crippen molar-refractivity contribution in [3.05, 3.63) is 28.6 Å². The summed E-state index contributed by atoms with van der Waals surface area (Å²) < 4.78 is 5.25. The number of azide groups is 1. The van der Waals surface area contributed by atoms with E-state index < -0.39 is 12.0 Å². The Labute approximate surface area is 104 Å². The smallest absolute Gasteiger partial charge is 0.252 e. The molecule has 1 aromatic rings. The number of carbonyl (C=O) groups is 1. The zero-order valence-corrected chi connectivity index (χ0v) is 10.1. The highest BCUT2D eigenvalue weighted by Gasteiger charge is 2.11. The average molecular weight is 250 g/mol. The molecule has 0 aliphatic rings. The Hall–Kier alpha value is -2.24. The van der Waals surface area contributed by atoms with Gasteiger partial charge in [0, 0.05) is 4.91 Å². The molecule has 0 saturated carbocycles. The number of ether oxygens (including phenoxy) is 1. The van der Waals surface area contributed by atoms with Crippen LogP contribution in [0.15, 0.2) is 23.3 Å². The molecule has 1 atom stereocenters. The maximum Gasteiger partial charge on any atom is 0.252 e. The highest BCUT2D eigenvalue weighted by atomic mass is 16.5. The first-order valence-corrected chi connectivity index (χ1v) is 5.39. The number of aliphatic hydroxyl groups is 1. The number of anilines is 1. The maximum atomic E-state index is 11.4. The Bertz CT molecular complexity index is 481. The van der Waals surface area contributed by atoms with Gasteiger partial charge in [-0.05, 0) is 37.6 Å². The van der Waals surface area contributed by atoms with Gasteiger partial charge in [0.05, 0.1) is 18.0 Å². The Morgan fingerprint density at radius 2 is 2.39 bits per heavy atom. The van der Waals surface area contributed by atoms with E-state index in [1.54, 1.807) is 12.1 Å². The van der Waals surface area contributed by atoms with E-state index in [-0.39, 0.29) is 5.69 Å². The van der Waals surface area contributed by atoms with Crippen LogP contribution in [0.25, 0.3) is 10.4 Å². The molecule has 0 aliphatic heterocycles. The molecule has 7 nitrogen and oxygen atoms in total. The molecule has 1 rings (SSSR count). The van der Waals surface area contributed by atoms with Crippen LogP contribution in [0.4, 0.5) is 11.4 Å². The lowest BCUT2D eigenvalue weighted by atomic mass is 10.2. The summed E-state index contributed by atoms with van der Waals surface area (Å²) in [5.74, 6) is -0.0384. The Kier molecular flexibility index (Phi) is 4.98. The number of nitrogens with zero attached hydrogens (tertiary/aromatic N) is 3. The molecule has 0 saturated heterocycles. The fraction of sp³-hybridized carbons (Fsp3) is 0.364. The van der Waals surface area contributed by atoms with Gasteiger partial charge in [0.15, 0.2) is 0 Å². The van der Waals surface area contributed by atoms with Crippen molar-refractivity contribution in [2.75, 3.05) is 11.9 Å². The second kappa shape index (κ2) is 6.48. The first kappa shape index (κ1) is 13.8. The van der Waals surface area contributed by atoms with Crippen LogP contribution in [0.2, 0.25) is 0 Å². The van der Waals surface area contributed by atoms with E-state index in [4.69, 9.17) is 15.4 Å². The van der Waals surface area contributed by atoms with E-state index in [1.165, 1.54) is 13.0 Å². The fourth-order valence-corrected chi connectivity index (χ4v) is 1.24. The van der Waals surface area contributed by atoms with Crippen molar-refractivity contribution in [2.45, 2.75) is 20.0 Å². The topological polar surface area (TPSA) is 107 Å². The first-order chi connectivity index (χ1) is 8.58. The van der Waals surface area contributed by atoms with E-state index in [2.05, 4.69) is 15.3 Å². The predicted molar refractivity (Wildman–Crippen MR) is 66.7 cm³/mol. The third-order valence-electron chi connectivity index (χ3n) is 2.07. The third-order valence-corrected chi connectivity index (χ3v) is 2.07. The van der Waals surface area contributed by atoms with E-state index in [9.17, 15) is 4.79 Å². The van der Waals surface area contributed by atoms with E-state index in [0.29, 0.717) is 18.0 Å². The van der Waals surface area contributed by atoms with E-state index >= 15 is 0 Å². The number of nitrogens with one attached hydrogen (secondary N) is 1. The van der Waals surface area contributed by atoms with Gasteiger partial charge in [0.1, 0.15) is 11.9 Å². The van der Waals surface area contributed by atoms with Crippen molar-refractivity contribution in [3.8, 4) is 5.75 Å². The van der Waals surface area contributed by atoms with Crippen molar-refractivity contribution in [1.82, 2.24) is 0 Å². The fourth-order valence-electron chi connectivity index (χ4n) is 1.24. The minimum absolute atomic E-state index is 0.234. The highest BCUT2D eigenvalue weighted by molar-refractivity contribution is 5.96.